The second-order valence-electron chi connectivity index (χ2n) is 4.55. The van der Waals surface area contributed by atoms with Crippen LogP contribution in [0.1, 0.15) is 32.1 Å². The zero-order chi connectivity index (χ0) is 14.5. The highest BCUT2D eigenvalue weighted by Gasteiger charge is 2.38. The molecule has 19 heavy (non-hydrogen) atoms. The molecule has 5 N–H and O–H groups in total. The largest absolute Gasteiger partial charge is 0.409 e. The zero-order valence-corrected chi connectivity index (χ0v) is 10.3. The minimum Gasteiger partial charge on any atom is -0.409 e. The minimum atomic E-state index is -4.48. The number of oxime groups is 1. The molecule has 0 aromatic heterocycles. The number of alkyl halides is 3. The summed E-state index contributed by atoms with van der Waals surface area (Å²) in [6.45, 7) is -1.43. The van der Waals surface area contributed by atoms with Crippen LogP contribution < -0.4 is 16.4 Å². The average Bonchev–Trinajstić information content (AvgIpc) is 2.35. The fourth-order valence-corrected chi connectivity index (χ4v) is 2.14. The number of hydrogen-bond acceptors (Lipinski definition) is 3. The van der Waals surface area contributed by atoms with Crippen molar-refractivity contribution in [3.8, 4) is 0 Å². The lowest BCUT2D eigenvalue weighted by Crippen LogP contribution is -2.61. The van der Waals surface area contributed by atoms with Crippen molar-refractivity contribution in [2.24, 2.45) is 10.9 Å². The Morgan fingerprint density at radius 3 is 2.37 bits per heavy atom. The number of hydrogen-bond donors (Lipinski definition) is 4. The second-order valence-corrected chi connectivity index (χ2v) is 4.55. The van der Waals surface area contributed by atoms with Crippen molar-refractivity contribution >= 4 is 11.9 Å². The predicted molar refractivity (Wildman–Crippen MR) is 61.8 cm³/mol. The molecule has 0 saturated heterocycles. The third-order valence-corrected chi connectivity index (χ3v) is 3.11. The van der Waals surface area contributed by atoms with Crippen molar-refractivity contribution in [2.75, 3.05) is 6.54 Å². The first-order chi connectivity index (χ1) is 8.79. The SMILES string of the molecule is NC(=NO)C1(NC(=O)NCC(F)(F)F)CCCCC1. The van der Waals surface area contributed by atoms with Gasteiger partial charge in [-0.05, 0) is 12.8 Å². The number of rotatable bonds is 3. The smallest absolute Gasteiger partial charge is 0.405 e. The van der Waals surface area contributed by atoms with Crippen LogP contribution in [0, 0.1) is 0 Å². The number of carbonyl (C=O) groups excluding carboxylic acids is 1. The number of nitrogens with two attached hydrogens (primary N) is 1. The number of nitrogens with one attached hydrogen (secondary N) is 2. The van der Waals surface area contributed by atoms with E-state index in [1.165, 1.54) is 0 Å². The van der Waals surface area contributed by atoms with E-state index in [1.54, 1.807) is 5.32 Å². The molecule has 1 rings (SSSR count). The number of amides is 2. The van der Waals surface area contributed by atoms with Gasteiger partial charge in [0.2, 0.25) is 0 Å². The van der Waals surface area contributed by atoms with E-state index in [1.807, 2.05) is 0 Å². The molecule has 1 aliphatic rings. The fraction of sp³-hybridized carbons (Fsp3) is 0.800. The highest BCUT2D eigenvalue weighted by molar-refractivity contribution is 5.93. The van der Waals surface area contributed by atoms with Gasteiger partial charge in [-0.15, -0.1) is 0 Å². The van der Waals surface area contributed by atoms with Crippen molar-refractivity contribution in [3.05, 3.63) is 0 Å². The van der Waals surface area contributed by atoms with Gasteiger partial charge in [0.1, 0.15) is 12.1 Å². The summed E-state index contributed by atoms with van der Waals surface area (Å²) in [7, 11) is 0. The average molecular weight is 282 g/mol. The van der Waals surface area contributed by atoms with Gasteiger partial charge in [0.05, 0.1) is 0 Å². The molecule has 0 atom stereocenters. The maximum absolute atomic E-state index is 12.0. The first kappa shape index (κ1) is 15.4. The van der Waals surface area contributed by atoms with E-state index < -0.39 is 24.3 Å². The number of carbonyl (C=O) groups is 1. The lowest BCUT2D eigenvalue weighted by molar-refractivity contribution is -0.122. The fourth-order valence-electron chi connectivity index (χ4n) is 2.14. The lowest BCUT2D eigenvalue weighted by Gasteiger charge is -2.36. The van der Waals surface area contributed by atoms with Crippen LogP contribution in [-0.2, 0) is 0 Å². The Labute approximate surface area is 108 Å². The van der Waals surface area contributed by atoms with Crippen molar-refractivity contribution in [1.29, 1.82) is 0 Å². The van der Waals surface area contributed by atoms with Crippen LogP contribution in [0.2, 0.25) is 0 Å². The molecular weight excluding hydrogens is 265 g/mol. The van der Waals surface area contributed by atoms with Crippen molar-refractivity contribution < 1.29 is 23.2 Å². The van der Waals surface area contributed by atoms with Gasteiger partial charge in [-0.25, -0.2) is 4.79 Å². The van der Waals surface area contributed by atoms with E-state index in [0.29, 0.717) is 12.8 Å². The van der Waals surface area contributed by atoms with E-state index in [-0.39, 0.29) is 5.84 Å². The third kappa shape index (κ3) is 4.49. The van der Waals surface area contributed by atoms with Gasteiger partial charge < -0.3 is 21.6 Å². The quantitative estimate of drug-likeness (QED) is 0.272. The Morgan fingerprint density at radius 1 is 1.32 bits per heavy atom. The summed E-state index contributed by atoms with van der Waals surface area (Å²) in [5.41, 5.74) is 4.48. The molecule has 0 unspecified atom stereocenters. The van der Waals surface area contributed by atoms with Crippen LogP contribution >= 0.6 is 0 Å². The molecule has 9 heteroatoms. The maximum Gasteiger partial charge on any atom is 0.405 e. The first-order valence-electron chi connectivity index (χ1n) is 5.90. The van der Waals surface area contributed by atoms with Crippen molar-refractivity contribution in [2.45, 2.75) is 43.8 Å². The monoisotopic (exact) mass is 282 g/mol. The normalized spacial score (nSPS) is 19.8. The van der Waals surface area contributed by atoms with E-state index in [9.17, 15) is 18.0 Å². The molecule has 1 fully saturated rings. The maximum atomic E-state index is 12.0. The van der Waals surface area contributed by atoms with Crippen LogP contribution in [0.3, 0.4) is 0 Å². The molecule has 2 amide bonds. The summed E-state index contributed by atoms with van der Waals surface area (Å²) in [5.74, 6) is -0.186. The van der Waals surface area contributed by atoms with Crippen LogP contribution in [-0.4, -0.2) is 35.3 Å². The van der Waals surface area contributed by atoms with Gasteiger partial charge >= 0.3 is 12.2 Å². The van der Waals surface area contributed by atoms with Crippen molar-refractivity contribution in [1.82, 2.24) is 10.6 Å². The van der Waals surface area contributed by atoms with Crippen LogP contribution in [0.4, 0.5) is 18.0 Å². The standard InChI is InChI=1S/C10H17F3N4O2/c11-10(12,13)6-15-8(18)16-9(7(14)17-19)4-2-1-3-5-9/h19H,1-6H2,(H2,14,17)(H2,15,16,18). The zero-order valence-electron chi connectivity index (χ0n) is 10.3. The van der Waals surface area contributed by atoms with E-state index in [2.05, 4.69) is 10.5 Å². The van der Waals surface area contributed by atoms with Gasteiger partial charge in [-0.1, -0.05) is 24.4 Å². The highest BCUT2D eigenvalue weighted by Crippen LogP contribution is 2.28. The molecule has 1 aliphatic carbocycles. The van der Waals surface area contributed by atoms with Gasteiger partial charge in [0.25, 0.3) is 0 Å². The number of urea groups is 1. The minimum absolute atomic E-state index is 0.186. The molecule has 0 radical (unpaired) electrons. The van der Waals surface area contributed by atoms with Crippen LogP contribution in [0.15, 0.2) is 5.16 Å². The Morgan fingerprint density at radius 2 is 1.89 bits per heavy atom. The van der Waals surface area contributed by atoms with Gasteiger partial charge in [0, 0.05) is 0 Å². The van der Waals surface area contributed by atoms with E-state index in [0.717, 1.165) is 19.3 Å². The summed E-state index contributed by atoms with van der Waals surface area (Å²) in [6.07, 6.45) is -1.18. The Bertz CT molecular complexity index is 351. The van der Waals surface area contributed by atoms with Gasteiger partial charge in [-0.2, -0.15) is 13.2 Å². The molecule has 6 nitrogen and oxygen atoms in total. The molecule has 0 heterocycles. The second kappa shape index (κ2) is 5.98. The molecule has 110 valence electrons. The lowest BCUT2D eigenvalue weighted by atomic mass is 9.81. The number of halogens is 3. The molecule has 1 saturated carbocycles. The van der Waals surface area contributed by atoms with Crippen molar-refractivity contribution in [3.63, 3.8) is 0 Å². The Hall–Kier alpha value is -1.67. The summed E-state index contributed by atoms with van der Waals surface area (Å²) >= 11 is 0. The number of nitrogens with zero attached hydrogens (tertiary/aromatic N) is 1. The molecule has 0 bridgehead atoms. The summed E-state index contributed by atoms with van der Waals surface area (Å²) in [4.78, 5) is 11.5. The predicted octanol–water partition coefficient (Wildman–Crippen LogP) is 1.30. The molecule has 0 aliphatic heterocycles. The number of amidine groups is 1. The van der Waals surface area contributed by atoms with E-state index in [4.69, 9.17) is 10.9 Å². The summed E-state index contributed by atoms with van der Waals surface area (Å²) < 4.78 is 36.0. The van der Waals surface area contributed by atoms with Crippen LogP contribution in [0.25, 0.3) is 0 Å². The molecular formula is C10H17F3N4O2. The third-order valence-electron chi connectivity index (χ3n) is 3.11. The molecule has 0 spiro atoms. The molecule has 0 aromatic carbocycles. The van der Waals surface area contributed by atoms with Gasteiger partial charge in [-0.3, -0.25) is 0 Å². The highest BCUT2D eigenvalue weighted by atomic mass is 19.4. The topological polar surface area (TPSA) is 99.7 Å². The van der Waals surface area contributed by atoms with Crippen LogP contribution in [0.5, 0.6) is 0 Å². The van der Waals surface area contributed by atoms with Gasteiger partial charge in [0.15, 0.2) is 5.84 Å². The Balaban J connectivity index is 2.65. The first-order valence-corrected chi connectivity index (χ1v) is 5.90. The van der Waals surface area contributed by atoms with E-state index >= 15 is 0 Å². The summed E-state index contributed by atoms with van der Waals surface area (Å²) in [6, 6.07) is -0.981. The summed E-state index contributed by atoms with van der Waals surface area (Å²) in [5, 5.41) is 15.7. The molecule has 0 aromatic rings. The Kier molecular flexibility index (Phi) is 4.84.